The molecule has 7 nitrogen and oxygen atoms in total. The molecule has 36 heavy (non-hydrogen) atoms. The lowest BCUT2D eigenvalue weighted by Gasteiger charge is -2.39. The largest absolute Gasteiger partial charge is 0.494 e. The van der Waals surface area contributed by atoms with Crippen LogP contribution in [0.25, 0.3) is 27.5 Å². The summed E-state index contributed by atoms with van der Waals surface area (Å²) in [4.78, 5) is 11.5. The van der Waals surface area contributed by atoms with Crippen molar-refractivity contribution in [3.8, 4) is 11.4 Å². The second-order valence-corrected chi connectivity index (χ2v) is 9.63. The van der Waals surface area contributed by atoms with Gasteiger partial charge in [-0.2, -0.15) is 5.10 Å². The number of alkyl halides is 1. The molecule has 2 N–H and O–H groups in total. The molecule has 0 unspecified atom stereocenters. The number of aromatic amines is 1. The van der Waals surface area contributed by atoms with Crippen molar-refractivity contribution in [2.45, 2.75) is 43.2 Å². The number of carboxylic acid groups (broad SMARTS) is 1. The van der Waals surface area contributed by atoms with Gasteiger partial charge in [0.1, 0.15) is 5.52 Å². The van der Waals surface area contributed by atoms with Gasteiger partial charge in [-0.05, 0) is 55.4 Å². The van der Waals surface area contributed by atoms with Crippen molar-refractivity contribution in [3.05, 3.63) is 53.4 Å². The second-order valence-electron chi connectivity index (χ2n) is 9.63. The summed E-state index contributed by atoms with van der Waals surface area (Å²) in [5, 5.41) is 16.9. The van der Waals surface area contributed by atoms with E-state index in [1.165, 1.54) is 19.4 Å². The SMILES string of the molecule is COc1cc(-n2c(C3CCOCC3)c(C3CC(F)(C(=O)O)C3)c3c(F)c4[nH]ncc4cc32)ccc1F. The first-order chi connectivity index (χ1) is 17.3. The fourth-order valence-electron chi connectivity index (χ4n) is 5.80. The molecule has 1 saturated heterocycles. The number of nitrogens with one attached hydrogen (secondary N) is 1. The van der Waals surface area contributed by atoms with E-state index in [9.17, 15) is 18.7 Å². The van der Waals surface area contributed by atoms with Crippen LogP contribution in [0.2, 0.25) is 0 Å². The highest BCUT2D eigenvalue weighted by molar-refractivity contribution is 6.00. The third-order valence-electron chi connectivity index (χ3n) is 7.62. The molecule has 2 aliphatic rings. The molecule has 4 aromatic rings. The van der Waals surface area contributed by atoms with E-state index < -0.39 is 29.2 Å². The van der Waals surface area contributed by atoms with E-state index in [2.05, 4.69) is 10.2 Å². The molecule has 0 amide bonds. The number of hydrogen-bond acceptors (Lipinski definition) is 4. The number of H-pyrrole nitrogens is 1. The molecule has 6 rings (SSSR count). The van der Waals surface area contributed by atoms with Crippen molar-refractivity contribution < 1.29 is 32.5 Å². The van der Waals surface area contributed by atoms with Crippen LogP contribution in [0.1, 0.15) is 48.8 Å². The van der Waals surface area contributed by atoms with Crippen LogP contribution in [0.15, 0.2) is 30.5 Å². The Hall–Kier alpha value is -3.53. The number of nitrogens with zero attached hydrogens (tertiary/aromatic N) is 2. The summed E-state index contributed by atoms with van der Waals surface area (Å²) in [6, 6.07) is 6.24. The highest BCUT2D eigenvalue weighted by atomic mass is 19.1. The molecule has 2 aromatic heterocycles. The number of aliphatic carboxylic acids is 1. The number of carbonyl (C=O) groups is 1. The quantitative estimate of drug-likeness (QED) is 0.386. The van der Waals surface area contributed by atoms with Gasteiger partial charge in [-0.25, -0.2) is 18.0 Å². The predicted molar refractivity (Wildman–Crippen MR) is 126 cm³/mol. The maximum absolute atomic E-state index is 16.1. The summed E-state index contributed by atoms with van der Waals surface area (Å²) < 4.78 is 58.0. The smallest absolute Gasteiger partial charge is 0.341 e. The number of aromatic nitrogens is 3. The molecule has 2 aromatic carbocycles. The Morgan fingerprint density at radius 3 is 2.67 bits per heavy atom. The van der Waals surface area contributed by atoms with Gasteiger partial charge in [-0.3, -0.25) is 5.10 Å². The normalized spacial score (nSPS) is 22.7. The third kappa shape index (κ3) is 3.31. The van der Waals surface area contributed by atoms with Crippen LogP contribution in [0.5, 0.6) is 5.75 Å². The molecule has 1 aliphatic carbocycles. The van der Waals surface area contributed by atoms with Crippen molar-refractivity contribution in [2.75, 3.05) is 20.3 Å². The van der Waals surface area contributed by atoms with Gasteiger partial charge in [0, 0.05) is 47.4 Å². The lowest BCUT2D eigenvalue weighted by atomic mass is 9.67. The van der Waals surface area contributed by atoms with Crippen LogP contribution in [0.4, 0.5) is 13.2 Å². The van der Waals surface area contributed by atoms with Gasteiger partial charge in [0.2, 0.25) is 5.67 Å². The Balaban J connectivity index is 1.68. The number of fused-ring (bicyclic) bond motifs is 2. The van der Waals surface area contributed by atoms with Crippen molar-refractivity contribution in [1.82, 2.24) is 14.8 Å². The Morgan fingerprint density at radius 1 is 1.22 bits per heavy atom. The molecule has 3 heterocycles. The van der Waals surface area contributed by atoms with Gasteiger partial charge in [-0.15, -0.1) is 0 Å². The minimum Gasteiger partial charge on any atom is -0.494 e. The highest BCUT2D eigenvalue weighted by Gasteiger charge is 2.53. The number of hydrogen-bond donors (Lipinski definition) is 2. The van der Waals surface area contributed by atoms with Crippen LogP contribution in [-0.4, -0.2) is 51.8 Å². The van der Waals surface area contributed by atoms with Crippen LogP contribution in [-0.2, 0) is 9.53 Å². The van der Waals surface area contributed by atoms with E-state index >= 15 is 4.39 Å². The molecule has 10 heteroatoms. The van der Waals surface area contributed by atoms with E-state index in [0.29, 0.717) is 53.6 Å². The molecule has 1 saturated carbocycles. The molecular weight excluding hydrogens is 475 g/mol. The van der Waals surface area contributed by atoms with Crippen LogP contribution in [0, 0.1) is 11.6 Å². The number of methoxy groups -OCH3 is 1. The summed E-state index contributed by atoms with van der Waals surface area (Å²) in [6.07, 6.45) is 2.36. The fraction of sp³-hybridized carbons (Fsp3) is 0.385. The number of ether oxygens (including phenoxy) is 2. The average molecular weight is 499 g/mol. The van der Waals surface area contributed by atoms with Crippen LogP contribution < -0.4 is 4.74 Å². The number of rotatable bonds is 5. The molecule has 0 radical (unpaired) electrons. The Morgan fingerprint density at radius 2 is 1.97 bits per heavy atom. The molecule has 0 spiro atoms. The number of benzene rings is 2. The van der Waals surface area contributed by atoms with Gasteiger partial charge in [0.15, 0.2) is 17.4 Å². The average Bonchev–Trinajstić information content (AvgIpc) is 3.46. The number of halogens is 3. The van der Waals surface area contributed by atoms with Crippen molar-refractivity contribution >= 4 is 27.8 Å². The molecule has 188 valence electrons. The van der Waals surface area contributed by atoms with E-state index in [0.717, 1.165) is 5.69 Å². The standard InChI is InChI=1S/C26H24F3N3O4/c1-35-19-9-16(2-3-17(19)27)32-18-8-14-12-30-31-23(14)22(28)21(18)20(15-10-26(29,11-15)25(33)34)24(32)13-4-6-36-7-5-13/h2-3,8-9,12-13,15H,4-7,10-11H2,1H3,(H,30,31)(H,33,34). The van der Waals surface area contributed by atoms with Gasteiger partial charge < -0.3 is 19.1 Å². The lowest BCUT2D eigenvalue weighted by molar-refractivity contribution is -0.158. The molecular formula is C26H24F3N3O4. The van der Waals surface area contributed by atoms with Crippen molar-refractivity contribution in [1.29, 1.82) is 0 Å². The zero-order chi connectivity index (χ0) is 25.2. The fourth-order valence-corrected chi connectivity index (χ4v) is 5.80. The zero-order valence-corrected chi connectivity index (χ0v) is 19.5. The van der Waals surface area contributed by atoms with Crippen LogP contribution >= 0.6 is 0 Å². The minimum atomic E-state index is -2.35. The Kier molecular flexibility index (Phi) is 5.26. The van der Waals surface area contributed by atoms with Crippen molar-refractivity contribution in [2.24, 2.45) is 0 Å². The van der Waals surface area contributed by atoms with E-state index in [-0.39, 0.29) is 30.0 Å². The van der Waals surface area contributed by atoms with Gasteiger partial charge in [0.25, 0.3) is 0 Å². The van der Waals surface area contributed by atoms with Gasteiger partial charge >= 0.3 is 5.97 Å². The maximum Gasteiger partial charge on any atom is 0.341 e. The zero-order valence-electron chi connectivity index (χ0n) is 19.5. The third-order valence-corrected chi connectivity index (χ3v) is 7.62. The molecule has 0 atom stereocenters. The Labute approximate surface area is 203 Å². The summed E-state index contributed by atoms with van der Waals surface area (Å²) in [5.74, 6) is -3.07. The summed E-state index contributed by atoms with van der Waals surface area (Å²) in [6.45, 7) is 1.02. The molecule has 0 bridgehead atoms. The first-order valence-corrected chi connectivity index (χ1v) is 11.9. The maximum atomic E-state index is 16.1. The van der Waals surface area contributed by atoms with E-state index in [4.69, 9.17) is 9.47 Å². The number of carboxylic acids is 1. The van der Waals surface area contributed by atoms with Gasteiger partial charge in [0.05, 0.1) is 18.8 Å². The first kappa shape index (κ1) is 22.9. The highest BCUT2D eigenvalue weighted by Crippen LogP contribution is 2.54. The Bertz CT molecular complexity index is 1500. The van der Waals surface area contributed by atoms with Crippen LogP contribution in [0.3, 0.4) is 0 Å². The molecule has 2 fully saturated rings. The topological polar surface area (TPSA) is 89.4 Å². The second kappa shape index (κ2) is 8.26. The van der Waals surface area contributed by atoms with Gasteiger partial charge in [-0.1, -0.05) is 0 Å². The first-order valence-electron chi connectivity index (χ1n) is 11.9. The monoisotopic (exact) mass is 499 g/mol. The summed E-state index contributed by atoms with van der Waals surface area (Å²) in [5.41, 5.74) is 0.345. The minimum absolute atomic E-state index is 0.0379. The van der Waals surface area contributed by atoms with E-state index in [1.54, 1.807) is 18.2 Å². The summed E-state index contributed by atoms with van der Waals surface area (Å²) in [7, 11) is 1.37. The lowest BCUT2D eigenvalue weighted by Crippen LogP contribution is -2.45. The predicted octanol–water partition coefficient (Wildman–Crippen LogP) is 5.36. The van der Waals surface area contributed by atoms with Crippen molar-refractivity contribution in [3.63, 3.8) is 0 Å². The summed E-state index contributed by atoms with van der Waals surface area (Å²) >= 11 is 0. The molecule has 1 aliphatic heterocycles. The van der Waals surface area contributed by atoms with E-state index in [1.807, 2.05) is 4.57 Å².